The highest BCUT2D eigenvalue weighted by Gasteiger charge is 2.26. The van der Waals surface area contributed by atoms with Crippen molar-refractivity contribution >= 4 is 10.0 Å². The Hall–Kier alpha value is -0.920. The van der Waals surface area contributed by atoms with Crippen LogP contribution in [0.1, 0.15) is 25.5 Å². The van der Waals surface area contributed by atoms with Gasteiger partial charge in [0.05, 0.1) is 11.9 Å². The lowest BCUT2D eigenvalue weighted by Crippen LogP contribution is -2.40. The molecule has 2 N–H and O–H groups in total. The Morgan fingerprint density at radius 2 is 2.39 bits per heavy atom. The van der Waals surface area contributed by atoms with E-state index in [1.807, 2.05) is 0 Å². The second kappa shape index (κ2) is 5.38. The van der Waals surface area contributed by atoms with Gasteiger partial charge in [-0.05, 0) is 32.9 Å². The van der Waals surface area contributed by atoms with Crippen LogP contribution in [0.4, 0.5) is 0 Å². The van der Waals surface area contributed by atoms with Crippen molar-refractivity contribution in [2.75, 3.05) is 19.6 Å². The zero-order valence-corrected chi connectivity index (χ0v) is 11.6. The number of hydrogen-bond donors (Lipinski definition) is 2. The van der Waals surface area contributed by atoms with E-state index < -0.39 is 10.0 Å². The minimum absolute atomic E-state index is 0.239. The van der Waals surface area contributed by atoms with E-state index in [4.69, 9.17) is 0 Å². The molecule has 1 aromatic heterocycles. The molecule has 0 aromatic carbocycles. The number of nitrogens with zero attached hydrogens (tertiary/aromatic N) is 2. The van der Waals surface area contributed by atoms with E-state index in [-0.39, 0.29) is 4.90 Å². The zero-order valence-electron chi connectivity index (χ0n) is 10.8. The first-order valence-electron chi connectivity index (χ1n) is 6.28. The third-order valence-electron chi connectivity index (χ3n) is 3.49. The summed E-state index contributed by atoms with van der Waals surface area (Å²) >= 11 is 0. The van der Waals surface area contributed by atoms with Crippen molar-refractivity contribution in [3.63, 3.8) is 0 Å². The third-order valence-corrected chi connectivity index (χ3v) is 5.02. The molecule has 0 spiro atoms. The summed E-state index contributed by atoms with van der Waals surface area (Å²) in [5, 5.41) is 6.39. The Morgan fingerprint density at radius 3 is 3.00 bits per heavy atom. The molecule has 0 amide bonds. The van der Waals surface area contributed by atoms with Crippen LogP contribution in [-0.4, -0.2) is 49.2 Å². The van der Waals surface area contributed by atoms with Crippen LogP contribution in [0.25, 0.3) is 0 Å². The fourth-order valence-corrected chi connectivity index (χ4v) is 3.64. The lowest BCUT2D eigenvalue weighted by Gasteiger charge is -2.22. The number of hydrogen-bond acceptors (Lipinski definition) is 4. The first-order valence-corrected chi connectivity index (χ1v) is 7.76. The van der Waals surface area contributed by atoms with Gasteiger partial charge >= 0.3 is 0 Å². The van der Waals surface area contributed by atoms with E-state index >= 15 is 0 Å². The molecule has 1 aromatic rings. The van der Waals surface area contributed by atoms with Crippen molar-refractivity contribution in [3.8, 4) is 0 Å². The van der Waals surface area contributed by atoms with Gasteiger partial charge in [-0.15, -0.1) is 0 Å². The maximum atomic E-state index is 12.1. The van der Waals surface area contributed by atoms with Crippen LogP contribution in [0, 0.1) is 6.92 Å². The number of rotatable bonds is 5. The monoisotopic (exact) mass is 272 g/mol. The standard InChI is InChI=1S/C11H20N4O2S/c1-3-15-6-4-5-10(15)7-13-18(16,17)11-8-12-14-9(11)2/h8,10,13H,3-7H2,1-2H3,(H,12,14). The van der Waals surface area contributed by atoms with Crippen molar-refractivity contribution in [1.82, 2.24) is 19.8 Å². The van der Waals surface area contributed by atoms with Crippen molar-refractivity contribution in [1.29, 1.82) is 0 Å². The third kappa shape index (κ3) is 2.73. The van der Waals surface area contributed by atoms with E-state index in [9.17, 15) is 8.42 Å². The average Bonchev–Trinajstić information content (AvgIpc) is 2.94. The fourth-order valence-electron chi connectivity index (χ4n) is 2.44. The Labute approximate surface area is 108 Å². The van der Waals surface area contributed by atoms with Crippen LogP contribution in [0.2, 0.25) is 0 Å². The highest BCUT2D eigenvalue weighted by atomic mass is 32.2. The second-order valence-electron chi connectivity index (χ2n) is 4.64. The lowest BCUT2D eigenvalue weighted by molar-refractivity contribution is 0.268. The molecule has 102 valence electrons. The molecule has 1 unspecified atom stereocenters. The second-order valence-corrected chi connectivity index (χ2v) is 6.37. The summed E-state index contributed by atoms with van der Waals surface area (Å²) in [5.74, 6) is 0. The molecule has 0 bridgehead atoms. The van der Waals surface area contributed by atoms with Gasteiger partial charge < -0.3 is 0 Å². The number of likely N-dealkylation sites (tertiary alicyclic amines) is 1. The van der Waals surface area contributed by atoms with Gasteiger partial charge in [0.1, 0.15) is 4.90 Å². The Morgan fingerprint density at radius 1 is 1.61 bits per heavy atom. The van der Waals surface area contributed by atoms with Gasteiger partial charge in [-0.2, -0.15) is 5.10 Å². The van der Waals surface area contributed by atoms with Crippen molar-refractivity contribution < 1.29 is 8.42 Å². The first-order chi connectivity index (χ1) is 8.54. The predicted molar refractivity (Wildman–Crippen MR) is 68.8 cm³/mol. The summed E-state index contributed by atoms with van der Waals surface area (Å²) in [4.78, 5) is 2.55. The molecule has 1 fully saturated rings. The van der Waals surface area contributed by atoms with Crippen molar-refractivity contribution in [3.05, 3.63) is 11.9 Å². The van der Waals surface area contributed by atoms with E-state index in [1.165, 1.54) is 6.20 Å². The number of H-pyrrole nitrogens is 1. The van der Waals surface area contributed by atoms with Crippen molar-refractivity contribution in [2.24, 2.45) is 0 Å². The maximum absolute atomic E-state index is 12.1. The van der Waals surface area contributed by atoms with Crippen LogP contribution in [-0.2, 0) is 10.0 Å². The molecule has 1 atom stereocenters. The first kappa shape index (κ1) is 13.5. The average molecular weight is 272 g/mol. The fraction of sp³-hybridized carbons (Fsp3) is 0.727. The van der Waals surface area contributed by atoms with Crippen LogP contribution < -0.4 is 4.72 Å². The van der Waals surface area contributed by atoms with Gasteiger partial charge in [-0.3, -0.25) is 10.00 Å². The highest BCUT2D eigenvalue weighted by molar-refractivity contribution is 7.89. The largest absolute Gasteiger partial charge is 0.299 e. The number of likely N-dealkylation sites (N-methyl/N-ethyl adjacent to an activating group) is 1. The molecular formula is C11H20N4O2S. The predicted octanol–water partition coefficient (Wildman–Crippen LogP) is 0.481. The highest BCUT2D eigenvalue weighted by Crippen LogP contribution is 2.17. The topological polar surface area (TPSA) is 78.1 Å². The summed E-state index contributed by atoms with van der Waals surface area (Å²) in [6.07, 6.45) is 3.55. The molecule has 1 saturated heterocycles. The van der Waals surface area contributed by atoms with Gasteiger partial charge in [-0.1, -0.05) is 6.92 Å². The maximum Gasteiger partial charge on any atom is 0.244 e. The molecule has 0 saturated carbocycles. The van der Waals surface area contributed by atoms with Crippen LogP contribution in [0.3, 0.4) is 0 Å². The molecule has 2 heterocycles. The molecule has 7 heteroatoms. The quantitative estimate of drug-likeness (QED) is 0.817. The van der Waals surface area contributed by atoms with Gasteiger partial charge in [0, 0.05) is 12.6 Å². The van der Waals surface area contributed by atoms with Crippen LogP contribution in [0.5, 0.6) is 0 Å². The summed E-state index contributed by atoms with van der Waals surface area (Å²) in [5.41, 5.74) is 0.571. The Bertz CT molecular complexity index is 497. The number of aromatic amines is 1. The summed E-state index contributed by atoms with van der Waals surface area (Å²) in [6.45, 7) is 6.31. The molecule has 1 aliphatic rings. The number of sulfonamides is 1. The van der Waals surface area contributed by atoms with E-state index in [1.54, 1.807) is 6.92 Å². The Kier molecular flexibility index (Phi) is 4.04. The molecule has 0 aliphatic carbocycles. The normalized spacial score (nSPS) is 21.6. The number of nitrogens with one attached hydrogen (secondary N) is 2. The molecule has 18 heavy (non-hydrogen) atoms. The zero-order chi connectivity index (χ0) is 13.2. The number of aromatic nitrogens is 2. The SMILES string of the molecule is CCN1CCCC1CNS(=O)(=O)c1cn[nH]c1C. The molecule has 2 rings (SSSR count). The number of aryl methyl sites for hydroxylation is 1. The smallest absolute Gasteiger partial charge is 0.244 e. The van der Waals surface area contributed by atoms with Gasteiger partial charge in [0.25, 0.3) is 0 Å². The van der Waals surface area contributed by atoms with Gasteiger partial charge in [0.15, 0.2) is 0 Å². The van der Waals surface area contributed by atoms with E-state index in [0.29, 0.717) is 18.3 Å². The molecule has 6 nitrogen and oxygen atoms in total. The summed E-state index contributed by atoms with van der Waals surface area (Å²) in [6, 6.07) is 0.317. The summed E-state index contributed by atoms with van der Waals surface area (Å²) in [7, 11) is -3.44. The lowest BCUT2D eigenvalue weighted by atomic mass is 10.2. The molecule has 1 aliphatic heterocycles. The minimum atomic E-state index is -3.44. The molecule has 0 radical (unpaired) electrons. The van der Waals surface area contributed by atoms with Crippen LogP contribution >= 0.6 is 0 Å². The summed E-state index contributed by atoms with van der Waals surface area (Å²) < 4.78 is 26.8. The van der Waals surface area contributed by atoms with Crippen molar-refractivity contribution in [2.45, 2.75) is 37.6 Å². The van der Waals surface area contributed by atoms with Gasteiger partial charge in [0.2, 0.25) is 10.0 Å². The molecular weight excluding hydrogens is 252 g/mol. The van der Waals surface area contributed by atoms with E-state index in [0.717, 1.165) is 25.9 Å². The van der Waals surface area contributed by atoms with Gasteiger partial charge in [-0.25, -0.2) is 13.1 Å². The van der Waals surface area contributed by atoms with Crippen LogP contribution in [0.15, 0.2) is 11.1 Å². The minimum Gasteiger partial charge on any atom is -0.299 e. The Balaban J connectivity index is 2.00. The van der Waals surface area contributed by atoms with E-state index in [2.05, 4.69) is 26.7 Å².